The Kier molecular flexibility index (Phi) is 8.85. The van der Waals surface area contributed by atoms with Gasteiger partial charge < -0.3 is 14.7 Å². The highest BCUT2D eigenvalue weighted by molar-refractivity contribution is 5.89. The highest BCUT2D eigenvalue weighted by Crippen LogP contribution is 2.32. The highest BCUT2D eigenvalue weighted by Gasteiger charge is 2.39. The summed E-state index contributed by atoms with van der Waals surface area (Å²) >= 11 is 0. The fraction of sp³-hybridized carbons (Fsp3) is 0.229. The molecule has 0 radical (unpaired) electrons. The molecule has 0 bridgehead atoms. The molecule has 0 fully saturated rings. The van der Waals surface area contributed by atoms with Gasteiger partial charge in [0.2, 0.25) is 5.91 Å². The summed E-state index contributed by atoms with van der Waals surface area (Å²) in [6.45, 7) is 1.89. The molecule has 0 aliphatic carbocycles. The molecule has 1 unspecified atom stereocenters. The van der Waals surface area contributed by atoms with Crippen LogP contribution in [0.3, 0.4) is 0 Å². The van der Waals surface area contributed by atoms with E-state index in [4.69, 9.17) is 4.74 Å². The van der Waals surface area contributed by atoms with Gasteiger partial charge in [-0.2, -0.15) is 0 Å². The van der Waals surface area contributed by atoms with Crippen LogP contribution in [0.4, 0.5) is 9.18 Å². The summed E-state index contributed by atoms with van der Waals surface area (Å²) in [6, 6.07) is 27.0. The number of ether oxygens (including phenoxy) is 1. The van der Waals surface area contributed by atoms with E-state index < -0.39 is 35.9 Å². The largest absolute Gasteiger partial charge is 0.465 e. The maximum atomic E-state index is 15.0. The van der Waals surface area contributed by atoms with Crippen LogP contribution in [0.2, 0.25) is 0 Å². The molecule has 1 N–H and O–H groups in total. The van der Waals surface area contributed by atoms with Crippen LogP contribution in [0.1, 0.15) is 56.7 Å². The molecule has 0 spiro atoms. The third-order valence-electron chi connectivity index (χ3n) is 8.09. The Labute approximate surface area is 250 Å². The summed E-state index contributed by atoms with van der Waals surface area (Å²) in [7, 11) is 1.30. The minimum atomic E-state index is -1.20. The number of nitrogens with zero attached hydrogens (tertiary/aromatic N) is 2. The molecule has 1 aliphatic heterocycles. The van der Waals surface area contributed by atoms with Crippen molar-refractivity contribution < 1.29 is 28.6 Å². The maximum absolute atomic E-state index is 15.0. The first kappa shape index (κ1) is 29.5. The maximum Gasteiger partial charge on any atom is 0.408 e. The van der Waals surface area contributed by atoms with Gasteiger partial charge in [0.05, 0.1) is 25.3 Å². The highest BCUT2D eigenvalue weighted by atomic mass is 19.1. The van der Waals surface area contributed by atoms with Crippen LogP contribution in [0, 0.1) is 5.82 Å². The van der Waals surface area contributed by atoms with Gasteiger partial charge in [-0.05, 0) is 59.4 Å². The number of carboxylic acid groups (broad SMARTS) is 1. The van der Waals surface area contributed by atoms with Crippen molar-refractivity contribution >= 4 is 18.0 Å². The van der Waals surface area contributed by atoms with Crippen LogP contribution in [-0.2, 0) is 35.5 Å². The van der Waals surface area contributed by atoms with Gasteiger partial charge in [0.15, 0.2) is 0 Å². The summed E-state index contributed by atoms with van der Waals surface area (Å²) in [5.41, 5.74) is 5.37. The van der Waals surface area contributed by atoms with Gasteiger partial charge in [-0.15, -0.1) is 0 Å². The second-order valence-electron chi connectivity index (χ2n) is 10.7. The van der Waals surface area contributed by atoms with E-state index in [0.29, 0.717) is 23.1 Å². The Morgan fingerprint density at radius 3 is 2.30 bits per heavy atom. The predicted octanol–water partition coefficient (Wildman–Crippen LogP) is 6.40. The lowest BCUT2D eigenvalue weighted by molar-refractivity contribution is -0.140. The lowest BCUT2D eigenvalue weighted by atomic mass is 9.87. The molecule has 4 aromatic carbocycles. The van der Waals surface area contributed by atoms with E-state index in [9.17, 15) is 23.9 Å². The monoisotopic (exact) mass is 580 g/mol. The summed E-state index contributed by atoms with van der Waals surface area (Å²) in [6.07, 6.45) is -0.344. The van der Waals surface area contributed by atoms with Gasteiger partial charge in [0.1, 0.15) is 11.9 Å². The molecule has 4 aromatic rings. The number of hydrogen-bond donors (Lipinski definition) is 1. The van der Waals surface area contributed by atoms with E-state index in [-0.39, 0.29) is 19.5 Å². The number of benzene rings is 4. The topological polar surface area (TPSA) is 87.2 Å². The minimum Gasteiger partial charge on any atom is -0.465 e. The van der Waals surface area contributed by atoms with Crippen molar-refractivity contribution in [2.24, 2.45) is 0 Å². The summed E-state index contributed by atoms with van der Waals surface area (Å²) < 4.78 is 19.8. The average Bonchev–Trinajstić information content (AvgIpc) is 3.03. The Hall–Kier alpha value is -4.98. The van der Waals surface area contributed by atoms with Gasteiger partial charge in [-0.25, -0.2) is 14.0 Å². The van der Waals surface area contributed by atoms with Crippen molar-refractivity contribution in [1.29, 1.82) is 0 Å². The van der Waals surface area contributed by atoms with E-state index in [2.05, 4.69) is 0 Å². The fourth-order valence-electron chi connectivity index (χ4n) is 5.74. The molecule has 0 saturated heterocycles. The number of amides is 2. The lowest BCUT2D eigenvalue weighted by Crippen LogP contribution is -2.53. The average molecular weight is 581 g/mol. The fourth-order valence-corrected chi connectivity index (χ4v) is 5.74. The third-order valence-corrected chi connectivity index (χ3v) is 8.09. The molecular weight excluding hydrogens is 547 g/mol. The van der Waals surface area contributed by atoms with E-state index >= 15 is 0 Å². The van der Waals surface area contributed by atoms with Crippen LogP contribution in [0.15, 0.2) is 97.1 Å². The molecule has 5 rings (SSSR count). The molecule has 2 atom stereocenters. The van der Waals surface area contributed by atoms with Crippen LogP contribution in [-0.4, -0.2) is 46.0 Å². The SMILES string of the molecule is COC(=O)c1ccc(CN(C(=O)C2Cc3c(Cc4ccccc4)cccc3CN2C(=O)O)[C@H](C)c2ccccc2F)cc1. The van der Waals surface area contributed by atoms with Crippen molar-refractivity contribution in [2.75, 3.05) is 7.11 Å². The quantitative estimate of drug-likeness (QED) is 0.244. The van der Waals surface area contributed by atoms with E-state index in [1.54, 1.807) is 49.4 Å². The first-order valence-corrected chi connectivity index (χ1v) is 14.1. The number of hydrogen-bond acceptors (Lipinski definition) is 4. The smallest absolute Gasteiger partial charge is 0.408 e. The van der Waals surface area contributed by atoms with Crippen molar-refractivity contribution in [3.05, 3.63) is 142 Å². The second kappa shape index (κ2) is 12.9. The molecule has 7 nitrogen and oxygen atoms in total. The van der Waals surface area contributed by atoms with Gasteiger partial charge in [0, 0.05) is 18.5 Å². The Bertz CT molecular complexity index is 1620. The minimum absolute atomic E-state index is 0.0689. The van der Waals surface area contributed by atoms with E-state index in [0.717, 1.165) is 22.3 Å². The van der Waals surface area contributed by atoms with Crippen LogP contribution in [0.25, 0.3) is 0 Å². The number of rotatable bonds is 8. The standard InChI is InChI=1S/C35H33FN2O5/c1-23(29-13-6-7-14-31(29)36)37(21-25-15-17-26(18-16-25)34(40)43-2)33(39)32-20-30-27(19-24-9-4-3-5-10-24)11-8-12-28(30)22-38(32)35(41)42/h3-18,23,32H,19-22H2,1-2H3,(H,41,42)/t23-,32?/m1/s1. The summed E-state index contributed by atoms with van der Waals surface area (Å²) in [5, 5.41) is 10.2. The zero-order valence-electron chi connectivity index (χ0n) is 24.1. The second-order valence-corrected chi connectivity index (χ2v) is 10.7. The van der Waals surface area contributed by atoms with E-state index in [1.165, 1.54) is 23.0 Å². The lowest BCUT2D eigenvalue weighted by Gasteiger charge is -2.40. The first-order chi connectivity index (χ1) is 20.8. The number of carbonyl (C=O) groups excluding carboxylic acids is 2. The number of methoxy groups -OCH3 is 1. The molecule has 1 aliphatic rings. The predicted molar refractivity (Wildman–Crippen MR) is 160 cm³/mol. The van der Waals surface area contributed by atoms with Crippen LogP contribution in [0.5, 0.6) is 0 Å². The first-order valence-electron chi connectivity index (χ1n) is 14.1. The molecule has 8 heteroatoms. The van der Waals surface area contributed by atoms with Crippen molar-refractivity contribution in [3.63, 3.8) is 0 Å². The van der Waals surface area contributed by atoms with Gasteiger partial charge in [0.25, 0.3) is 0 Å². The molecular formula is C35H33FN2O5. The van der Waals surface area contributed by atoms with Gasteiger partial charge in [-0.3, -0.25) is 9.69 Å². The number of esters is 1. The Morgan fingerprint density at radius 2 is 1.63 bits per heavy atom. The normalized spacial score (nSPS) is 14.9. The number of carbonyl (C=O) groups is 3. The number of fused-ring (bicyclic) bond motifs is 1. The van der Waals surface area contributed by atoms with E-state index in [1.807, 2.05) is 48.5 Å². The van der Waals surface area contributed by atoms with Gasteiger partial charge in [-0.1, -0.05) is 78.9 Å². The Balaban J connectivity index is 1.52. The zero-order valence-corrected chi connectivity index (χ0v) is 24.1. The third kappa shape index (κ3) is 6.43. The number of halogens is 1. The zero-order chi connectivity index (χ0) is 30.5. The molecule has 1 heterocycles. The van der Waals surface area contributed by atoms with Gasteiger partial charge >= 0.3 is 12.1 Å². The van der Waals surface area contributed by atoms with Crippen molar-refractivity contribution in [3.8, 4) is 0 Å². The van der Waals surface area contributed by atoms with Crippen LogP contribution < -0.4 is 0 Å². The summed E-state index contributed by atoms with van der Waals surface area (Å²) in [4.78, 5) is 41.6. The molecule has 220 valence electrons. The molecule has 0 aromatic heterocycles. The molecule has 43 heavy (non-hydrogen) atoms. The van der Waals surface area contributed by atoms with Crippen LogP contribution >= 0.6 is 0 Å². The summed E-state index contributed by atoms with van der Waals surface area (Å²) in [5.74, 6) is -1.36. The Morgan fingerprint density at radius 1 is 0.930 bits per heavy atom. The molecule has 2 amide bonds. The van der Waals surface area contributed by atoms with Crippen molar-refractivity contribution in [2.45, 2.75) is 44.9 Å². The molecule has 0 saturated carbocycles. The van der Waals surface area contributed by atoms with Crippen molar-refractivity contribution in [1.82, 2.24) is 9.80 Å².